The number of nitrogens with one attached hydrogen (secondary N) is 1. The van der Waals surface area contributed by atoms with Crippen LogP contribution in [-0.2, 0) is 0 Å². The van der Waals surface area contributed by atoms with Crippen molar-refractivity contribution in [3.05, 3.63) is 42.2 Å². The summed E-state index contributed by atoms with van der Waals surface area (Å²) in [6, 6.07) is 9.62. The van der Waals surface area contributed by atoms with Gasteiger partial charge in [-0.2, -0.15) is 0 Å². The standard InChI is InChI=1S/C21H21N3O3/c25-11-1-3-14-5-10-18-17(13-14)20(22-15-6-8-16(26)9-7-15)24-21(23-18)19-4-2-12-27-19/h2,4-5,10,12-13,15-16,25-26H,6-9,11H2,(H,22,23,24). The molecule has 0 bridgehead atoms. The van der Waals surface area contributed by atoms with Gasteiger partial charge in [-0.05, 0) is 56.0 Å². The summed E-state index contributed by atoms with van der Waals surface area (Å²) in [6.45, 7) is -0.179. The molecule has 0 spiro atoms. The number of rotatable bonds is 3. The minimum Gasteiger partial charge on any atom is -0.461 e. The first kappa shape index (κ1) is 17.5. The molecule has 6 nitrogen and oxygen atoms in total. The highest BCUT2D eigenvalue weighted by atomic mass is 16.3. The molecule has 27 heavy (non-hydrogen) atoms. The van der Waals surface area contributed by atoms with Crippen molar-refractivity contribution in [2.75, 3.05) is 11.9 Å². The van der Waals surface area contributed by atoms with E-state index in [4.69, 9.17) is 14.5 Å². The van der Waals surface area contributed by atoms with Crippen LogP contribution in [-0.4, -0.2) is 38.9 Å². The lowest BCUT2D eigenvalue weighted by Gasteiger charge is -2.27. The van der Waals surface area contributed by atoms with Gasteiger partial charge in [-0.15, -0.1) is 0 Å². The van der Waals surface area contributed by atoms with Crippen molar-refractivity contribution in [1.29, 1.82) is 0 Å². The first-order valence-corrected chi connectivity index (χ1v) is 9.13. The van der Waals surface area contributed by atoms with Gasteiger partial charge in [0.15, 0.2) is 11.6 Å². The summed E-state index contributed by atoms with van der Waals surface area (Å²) < 4.78 is 5.47. The average Bonchev–Trinajstić information content (AvgIpc) is 3.23. The van der Waals surface area contributed by atoms with E-state index < -0.39 is 0 Å². The molecule has 0 amide bonds. The molecule has 0 unspecified atom stereocenters. The van der Waals surface area contributed by atoms with Crippen molar-refractivity contribution in [2.45, 2.75) is 37.8 Å². The second-order valence-electron chi connectivity index (χ2n) is 6.71. The van der Waals surface area contributed by atoms with Crippen LogP contribution in [0.5, 0.6) is 0 Å². The molecule has 3 aromatic rings. The number of hydrogen-bond donors (Lipinski definition) is 3. The van der Waals surface area contributed by atoms with E-state index in [-0.39, 0.29) is 18.8 Å². The maximum atomic E-state index is 9.75. The van der Waals surface area contributed by atoms with Crippen LogP contribution in [0.4, 0.5) is 5.82 Å². The molecule has 2 heterocycles. The molecule has 3 N–H and O–H groups in total. The van der Waals surface area contributed by atoms with E-state index in [9.17, 15) is 5.11 Å². The Morgan fingerprint density at radius 1 is 1.15 bits per heavy atom. The third-order valence-electron chi connectivity index (χ3n) is 4.79. The van der Waals surface area contributed by atoms with Crippen LogP contribution in [0.25, 0.3) is 22.5 Å². The highest BCUT2D eigenvalue weighted by molar-refractivity contribution is 5.91. The van der Waals surface area contributed by atoms with E-state index in [0.717, 1.165) is 48.0 Å². The Hall–Kier alpha value is -2.88. The molecule has 0 radical (unpaired) electrons. The lowest BCUT2D eigenvalue weighted by molar-refractivity contribution is 0.126. The zero-order valence-electron chi connectivity index (χ0n) is 14.9. The fraction of sp³-hybridized carbons (Fsp3) is 0.333. The molecule has 138 valence electrons. The quantitative estimate of drug-likeness (QED) is 0.620. The summed E-state index contributed by atoms with van der Waals surface area (Å²) in [4.78, 5) is 9.32. The van der Waals surface area contributed by atoms with Crippen molar-refractivity contribution in [3.63, 3.8) is 0 Å². The summed E-state index contributed by atoms with van der Waals surface area (Å²) in [5.41, 5.74) is 1.59. The summed E-state index contributed by atoms with van der Waals surface area (Å²) in [5, 5.41) is 23.1. The normalized spacial score (nSPS) is 19.5. The first-order chi connectivity index (χ1) is 13.2. The highest BCUT2D eigenvalue weighted by Crippen LogP contribution is 2.29. The number of aliphatic hydroxyl groups excluding tert-OH is 2. The predicted molar refractivity (Wildman–Crippen MR) is 103 cm³/mol. The number of benzene rings is 1. The monoisotopic (exact) mass is 363 g/mol. The molecule has 0 aliphatic heterocycles. The van der Waals surface area contributed by atoms with Crippen LogP contribution >= 0.6 is 0 Å². The molecule has 1 saturated carbocycles. The lowest BCUT2D eigenvalue weighted by Crippen LogP contribution is -2.28. The number of anilines is 1. The van der Waals surface area contributed by atoms with Crippen LogP contribution < -0.4 is 5.32 Å². The first-order valence-electron chi connectivity index (χ1n) is 9.13. The van der Waals surface area contributed by atoms with Gasteiger partial charge in [0.1, 0.15) is 12.4 Å². The van der Waals surface area contributed by atoms with Crippen LogP contribution in [0.15, 0.2) is 41.0 Å². The van der Waals surface area contributed by atoms with Crippen molar-refractivity contribution in [3.8, 4) is 23.4 Å². The van der Waals surface area contributed by atoms with Gasteiger partial charge in [-0.1, -0.05) is 11.8 Å². The summed E-state index contributed by atoms with van der Waals surface area (Å²) in [6.07, 6.45) is 4.77. The van der Waals surface area contributed by atoms with E-state index in [2.05, 4.69) is 22.1 Å². The average molecular weight is 363 g/mol. The van der Waals surface area contributed by atoms with Crippen molar-refractivity contribution in [1.82, 2.24) is 9.97 Å². The van der Waals surface area contributed by atoms with Gasteiger partial charge in [-0.3, -0.25) is 0 Å². The Bertz CT molecular complexity index is 981. The fourth-order valence-corrected chi connectivity index (χ4v) is 3.39. The second kappa shape index (κ2) is 7.78. The Morgan fingerprint density at radius 3 is 2.74 bits per heavy atom. The zero-order valence-corrected chi connectivity index (χ0v) is 14.9. The molecule has 1 aliphatic carbocycles. The fourth-order valence-electron chi connectivity index (χ4n) is 3.39. The molecule has 2 aromatic heterocycles. The summed E-state index contributed by atoms with van der Waals surface area (Å²) in [7, 11) is 0. The van der Waals surface area contributed by atoms with Gasteiger partial charge in [0.05, 0.1) is 17.9 Å². The number of fused-ring (bicyclic) bond motifs is 1. The number of aliphatic hydroxyl groups is 2. The van der Waals surface area contributed by atoms with Crippen molar-refractivity contribution in [2.24, 2.45) is 0 Å². The van der Waals surface area contributed by atoms with Gasteiger partial charge >= 0.3 is 0 Å². The highest BCUT2D eigenvalue weighted by Gasteiger charge is 2.21. The zero-order chi connectivity index (χ0) is 18.6. The minimum absolute atomic E-state index is 0.179. The Balaban J connectivity index is 1.76. The number of aromatic nitrogens is 2. The SMILES string of the molecule is OCC#Cc1ccc2nc(-c3ccco3)nc(NC3CCC(O)CC3)c2c1. The molecule has 1 aliphatic rings. The van der Waals surface area contributed by atoms with Crippen LogP contribution in [0.3, 0.4) is 0 Å². The Morgan fingerprint density at radius 2 is 2.00 bits per heavy atom. The van der Waals surface area contributed by atoms with Gasteiger partial charge < -0.3 is 19.9 Å². The molecule has 0 saturated heterocycles. The van der Waals surface area contributed by atoms with E-state index >= 15 is 0 Å². The maximum absolute atomic E-state index is 9.75. The third-order valence-corrected chi connectivity index (χ3v) is 4.79. The Labute approximate surface area is 157 Å². The summed E-state index contributed by atoms with van der Waals surface area (Å²) in [5.74, 6) is 7.48. The van der Waals surface area contributed by atoms with Gasteiger partial charge in [-0.25, -0.2) is 9.97 Å². The molecule has 1 aromatic carbocycles. The van der Waals surface area contributed by atoms with E-state index in [0.29, 0.717) is 11.6 Å². The topological polar surface area (TPSA) is 91.4 Å². The van der Waals surface area contributed by atoms with Gasteiger partial charge in [0, 0.05) is 17.0 Å². The number of furan rings is 1. The van der Waals surface area contributed by atoms with E-state index in [1.165, 1.54) is 0 Å². The molecule has 1 fully saturated rings. The predicted octanol–water partition coefficient (Wildman–Crippen LogP) is 2.95. The molecular formula is C21H21N3O3. The Kier molecular flexibility index (Phi) is 5.05. The number of hydrogen-bond acceptors (Lipinski definition) is 6. The molecule has 4 rings (SSSR count). The third kappa shape index (κ3) is 3.95. The molecule has 0 atom stereocenters. The van der Waals surface area contributed by atoms with Crippen LogP contribution in [0, 0.1) is 11.8 Å². The molecular weight excluding hydrogens is 342 g/mol. The lowest BCUT2D eigenvalue weighted by atomic mass is 9.93. The van der Waals surface area contributed by atoms with Crippen LogP contribution in [0.1, 0.15) is 31.2 Å². The van der Waals surface area contributed by atoms with Gasteiger partial charge in [0.25, 0.3) is 0 Å². The second-order valence-corrected chi connectivity index (χ2v) is 6.71. The van der Waals surface area contributed by atoms with Crippen molar-refractivity contribution >= 4 is 16.7 Å². The van der Waals surface area contributed by atoms with E-state index in [1.807, 2.05) is 30.3 Å². The minimum atomic E-state index is -0.204. The van der Waals surface area contributed by atoms with E-state index in [1.54, 1.807) is 6.26 Å². The summed E-state index contributed by atoms with van der Waals surface area (Å²) >= 11 is 0. The van der Waals surface area contributed by atoms with Crippen LogP contribution in [0.2, 0.25) is 0 Å². The van der Waals surface area contributed by atoms with Gasteiger partial charge in [0.2, 0.25) is 0 Å². The largest absolute Gasteiger partial charge is 0.461 e. The molecule has 6 heteroatoms. The number of nitrogens with zero attached hydrogens (tertiary/aromatic N) is 2. The smallest absolute Gasteiger partial charge is 0.198 e. The maximum Gasteiger partial charge on any atom is 0.198 e. The van der Waals surface area contributed by atoms with Crippen molar-refractivity contribution < 1.29 is 14.6 Å².